The Hall–Kier alpha value is -1.62. The molecular formula is C12H15FN2O2. The van der Waals surface area contributed by atoms with E-state index in [9.17, 15) is 14.3 Å². The van der Waals surface area contributed by atoms with Crippen molar-refractivity contribution in [2.75, 3.05) is 18.8 Å². The Kier molecular flexibility index (Phi) is 3.02. The molecule has 1 fully saturated rings. The van der Waals surface area contributed by atoms with Gasteiger partial charge in [-0.25, -0.2) is 4.39 Å². The lowest BCUT2D eigenvalue weighted by molar-refractivity contribution is -0.144. The molecule has 1 saturated heterocycles. The molecule has 2 rings (SSSR count). The number of anilines is 1. The summed E-state index contributed by atoms with van der Waals surface area (Å²) in [7, 11) is 0. The highest BCUT2D eigenvalue weighted by atomic mass is 19.1. The van der Waals surface area contributed by atoms with Crippen LogP contribution in [-0.4, -0.2) is 24.2 Å². The first kappa shape index (κ1) is 11.9. The number of hydrogen-bond acceptors (Lipinski definition) is 3. The number of nitrogens with one attached hydrogen (secondary N) is 1. The number of carboxylic acid groups (broad SMARTS) is 1. The molecule has 0 bridgehead atoms. The molecular weight excluding hydrogens is 223 g/mol. The zero-order valence-corrected chi connectivity index (χ0v) is 9.37. The highest BCUT2D eigenvalue weighted by Gasteiger charge is 2.42. The minimum atomic E-state index is -1.11. The molecule has 0 amide bonds. The van der Waals surface area contributed by atoms with E-state index in [-0.39, 0.29) is 6.54 Å². The summed E-state index contributed by atoms with van der Waals surface area (Å²) in [5, 5.41) is 12.5. The molecule has 0 aliphatic carbocycles. The predicted molar refractivity (Wildman–Crippen MR) is 62.2 cm³/mol. The van der Waals surface area contributed by atoms with E-state index >= 15 is 0 Å². The van der Waals surface area contributed by atoms with Crippen LogP contribution in [0.15, 0.2) is 18.2 Å². The van der Waals surface area contributed by atoms with Gasteiger partial charge < -0.3 is 16.2 Å². The van der Waals surface area contributed by atoms with Gasteiger partial charge in [0.15, 0.2) is 0 Å². The summed E-state index contributed by atoms with van der Waals surface area (Å²) >= 11 is 0. The summed E-state index contributed by atoms with van der Waals surface area (Å²) in [5.41, 5.74) is 5.38. The van der Waals surface area contributed by atoms with Crippen LogP contribution in [-0.2, 0) is 10.2 Å². The van der Waals surface area contributed by atoms with Gasteiger partial charge in [-0.2, -0.15) is 0 Å². The molecule has 4 nitrogen and oxygen atoms in total. The third-order valence-electron chi connectivity index (χ3n) is 3.32. The highest BCUT2D eigenvalue weighted by molar-refractivity contribution is 5.84. The molecule has 1 heterocycles. The molecule has 1 unspecified atom stereocenters. The van der Waals surface area contributed by atoms with Crippen molar-refractivity contribution in [1.82, 2.24) is 5.32 Å². The SMILES string of the molecule is Nc1ccc(F)cc1C1(C(=O)O)CCCNC1. The van der Waals surface area contributed by atoms with Gasteiger partial charge in [0, 0.05) is 12.2 Å². The van der Waals surface area contributed by atoms with Crippen LogP contribution in [0.5, 0.6) is 0 Å². The van der Waals surface area contributed by atoms with E-state index in [2.05, 4.69) is 5.32 Å². The lowest BCUT2D eigenvalue weighted by Gasteiger charge is -2.34. The number of hydrogen-bond donors (Lipinski definition) is 3. The summed E-state index contributed by atoms with van der Waals surface area (Å²) in [4.78, 5) is 11.5. The van der Waals surface area contributed by atoms with Crippen LogP contribution < -0.4 is 11.1 Å². The van der Waals surface area contributed by atoms with Gasteiger partial charge in [0.25, 0.3) is 0 Å². The van der Waals surface area contributed by atoms with Crippen molar-refractivity contribution >= 4 is 11.7 Å². The molecule has 4 N–H and O–H groups in total. The van der Waals surface area contributed by atoms with E-state index in [1.807, 2.05) is 0 Å². The van der Waals surface area contributed by atoms with Crippen LogP contribution in [0.4, 0.5) is 10.1 Å². The van der Waals surface area contributed by atoms with Crippen molar-refractivity contribution in [2.45, 2.75) is 18.3 Å². The van der Waals surface area contributed by atoms with Crippen LogP contribution in [0.2, 0.25) is 0 Å². The van der Waals surface area contributed by atoms with Gasteiger partial charge in [0.1, 0.15) is 11.2 Å². The number of nitrogens with two attached hydrogens (primary N) is 1. The number of carbonyl (C=O) groups is 1. The number of rotatable bonds is 2. The van der Waals surface area contributed by atoms with E-state index in [0.717, 1.165) is 13.0 Å². The second kappa shape index (κ2) is 4.33. The third kappa shape index (κ3) is 1.98. The Bertz CT molecular complexity index is 442. The number of carboxylic acids is 1. The van der Waals surface area contributed by atoms with Gasteiger partial charge in [-0.05, 0) is 43.1 Å². The third-order valence-corrected chi connectivity index (χ3v) is 3.32. The molecule has 1 aliphatic rings. The lowest BCUT2D eigenvalue weighted by Crippen LogP contribution is -2.49. The molecule has 1 atom stereocenters. The van der Waals surface area contributed by atoms with Crippen molar-refractivity contribution < 1.29 is 14.3 Å². The smallest absolute Gasteiger partial charge is 0.315 e. The van der Waals surface area contributed by atoms with E-state index < -0.39 is 17.2 Å². The first-order chi connectivity index (χ1) is 8.06. The molecule has 5 heteroatoms. The number of benzene rings is 1. The predicted octanol–water partition coefficient (Wildman–Crippen LogP) is 1.11. The fraction of sp³-hybridized carbons (Fsp3) is 0.417. The van der Waals surface area contributed by atoms with Crippen LogP contribution in [0.25, 0.3) is 0 Å². The van der Waals surface area contributed by atoms with E-state index in [1.165, 1.54) is 18.2 Å². The summed E-state index contributed by atoms with van der Waals surface area (Å²) < 4.78 is 13.3. The molecule has 1 aromatic rings. The van der Waals surface area contributed by atoms with Crippen LogP contribution in [0, 0.1) is 5.82 Å². The molecule has 0 spiro atoms. The molecule has 0 aromatic heterocycles. The van der Waals surface area contributed by atoms with Crippen LogP contribution in [0.3, 0.4) is 0 Å². The van der Waals surface area contributed by atoms with E-state index in [0.29, 0.717) is 17.7 Å². The minimum Gasteiger partial charge on any atom is -0.481 e. The molecule has 17 heavy (non-hydrogen) atoms. The van der Waals surface area contributed by atoms with Gasteiger partial charge in [-0.15, -0.1) is 0 Å². The number of halogens is 1. The van der Waals surface area contributed by atoms with Crippen molar-refractivity contribution in [2.24, 2.45) is 0 Å². The zero-order chi connectivity index (χ0) is 12.5. The Morgan fingerprint density at radius 3 is 2.88 bits per heavy atom. The molecule has 92 valence electrons. The maximum Gasteiger partial charge on any atom is 0.315 e. The lowest BCUT2D eigenvalue weighted by atomic mass is 9.74. The standard InChI is InChI=1S/C12H15FN2O2/c13-8-2-3-10(14)9(6-8)12(11(16)17)4-1-5-15-7-12/h2-3,6,15H,1,4-5,7,14H2,(H,16,17). The van der Waals surface area contributed by atoms with Gasteiger partial charge >= 0.3 is 5.97 Å². The summed E-state index contributed by atoms with van der Waals surface area (Å²) in [6, 6.07) is 3.89. The molecule has 0 radical (unpaired) electrons. The average molecular weight is 238 g/mol. The van der Waals surface area contributed by atoms with Gasteiger partial charge in [-0.3, -0.25) is 4.79 Å². The minimum absolute atomic E-state index is 0.288. The topological polar surface area (TPSA) is 75.4 Å². The number of nitrogen functional groups attached to an aromatic ring is 1. The van der Waals surface area contributed by atoms with Gasteiger partial charge in [-0.1, -0.05) is 0 Å². The van der Waals surface area contributed by atoms with Crippen molar-refractivity contribution in [3.63, 3.8) is 0 Å². The first-order valence-corrected chi connectivity index (χ1v) is 5.56. The van der Waals surface area contributed by atoms with E-state index in [1.54, 1.807) is 0 Å². The number of aliphatic carboxylic acids is 1. The highest BCUT2D eigenvalue weighted by Crippen LogP contribution is 2.35. The quantitative estimate of drug-likeness (QED) is 0.675. The van der Waals surface area contributed by atoms with Crippen LogP contribution in [0.1, 0.15) is 18.4 Å². The molecule has 0 saturated carbocycles. The van der Waals surface area contributed by atoms with Gasteiger partial charge in [0.05, 0.1) is 0 Å². The maximum absolute atomic E-state index is 13.3. The Morgan fingerprint density at radius 1 is 1.53 bits per heavy atom. The van der Waals surface area contributed by atoms with Crippen molar-refractivity contribution in [3.05, 3.63) is 29.6 Å². The zero-order valence-electron chi connectivity index (χ0n) is 9.37. The largest absolute Gasteiger partial charge is 0.481 e. The Labute approximate surface area is 98.6 Å². The molecule has 1 aliphatic heterocycles. The Balaban J connectivity index is 2.52. The first-order valence-electron chi connectivity index (χ1n) is 5.56. The monoisotopic (exact) mass is 238 g/mol. The normalized spacial score (nSPS) is 24.5. The summed E-state index contributed by atoms with van der Waals surface area (Å²) in [6.07, 6.45) is 1.21. The second-order valence-electron chi connectivity index (χ2n) is 4.40. The summed E-state index contributed by atoms with van der Waals surface area (Å²) in [5.74, 6) is -1.41. The van der Waals surface area contributed by atoms with Crippen molar-refractivity contribution in [3.8, 4) is 0 Å². The molecule has 1 aromatic carbocycles. The summed E-state index contributed by atoms with van der Waals surface area (Å²) in [6.45, 7) is 1.07. The van der Waals surface area contributed by atoms with Crippen molar-refractivity contribution in [1.29, 1.82) is 0 Å². The number of piperidine rings is 1. The van der Waals surface area contributed by atoms with E-state index in [4.69, 9.17) is 5.73 Å². The fourth-order valence-electron chi connectivity index (χ4n) is 2.38. The average Bonchev–Trinajstić information content (AvgIpc) is 2.33. The van der Waals surface area contributed by atoms with Gasteiger partial charge in [0.2, 0.25) is 0 Å². The maximum atomic E-state index is 13.3. The second-order valence-corrected chi connectivity index (χ2v) is 4.40. The van der Waals surface area contributed by atoms with Crippen LogP contribution >= 0.6 is 0 Å². The fourth-order valence-corrected chi connectivity index (χ4v) is 2.38. The Morgan fingerprint density at radius 2 is 2.29 bits per heavy atom.